The van der Waals surface area contributed by atoms with Crippen molar-refractivity contribution >= 4 is 17.5 Å². The molecule has 1 aliphatic heterocycles. The van der Waals surface area contributed by atoms with Gasteiger partial charge in [-0.15, -0.1) is 0 Å². The molecular formula is C8H14OS. The lowest BCUT2D eigenvalue weighted by Gasteiger charge is -2.03. The molecule has 0 bridgehead atoms. The Kier molecular flexibility index (Phi) is 3.26. The predicted octanol–water partition coefficient (Wildman–Crippen LogP) is 2.11. The van der Waals surface area contributed by atoms with E-state index in [2.05, 4.69) is 6.92 Å². The monoisotopic (exact) mass is 158 g/mol. The lowest BCUT2D eigenvalue weighted by molar-refractivity contribution is -0.122. The van der Waals surface area contributed by atoms with E-state index in [4.69, 9.17) is 0 Å². The molecule has 58 valence electrons. The Morgan fingerprint density at radius 1 is 1.70 bits per heavy atom. The van der Waals surface area contributed by atoms with E-state index in [1.54, 1.807) is 0 Å². The summed E-state index contributed by atoms with van der Waals surface area (Å²) in [5, 5.41) is 0. The van der Waals surface area contributed by atoms with E-state index in [9.17, 15) is 4.79 Å². The van der Waals surface area contributed by atoms with E-state index < -0.39 is 0 Å². The summed E-state index contributed by atoms with van der Waals surface area (Å²) in [6.07, 6.45) is 2.94. The largest absolute Gasteiger partial charge is 0.299 e. The minimum atomic E-state index is 0.407. The van der Waals surface area contributed by atoms with Gasteiger partial charge >= 0.3 is 0 Å². The van der Waals surface area contributed by atoms with Gasteiger partial charge in [0.2, 0.25) is 0 Å². The van der Waals surface area contributed by atoms with Crippen LogP contribution in [0.3, 0.4) is 0 Å². The van der Waals surface area contributed by atoms with Crippen LogP contribution in [0.15, 0.2) is 0 Å². The standard InChI is InChI=1S/C8H14OS/c1-2-3-8(9)7-4-5-10-6-7/h7H,2-6H2,1H3. The van der Waals surface area contributed by atoms with Crippen LogP contribution in [0.2, 0.25) is 0 Å². The van der Waals surface area contributed by atoms with Crippen molar-refractivity contribution in [3.05, 3.63) is 0 Å². The van der Waals surface area contributed by atoms with Crippen molar-refractivity contribution in [1.82, 2.24) is 0 Å². The summed E-state index contributed by atoms with van der Waals surface area (Å²) in [7, 11) is 0. The number of ketones is 1. The van der Waals surface area contributed by atoms with Gasteiger partial charge in [0.25, 0.3) is 0 Å². The molecule has 10 heavy (non-hydrogen) atoms. The second-order valence-corrected chi connectivity index (χ2v) is 3.93. The van der Waals surface area contributed by atoms with Crippen molar-refractivity contribution in [3.63, 3.8) is 0 Å². The van der Waals surface area contributed by atoms with Gasteiger partial charge in [-0.25, -0.2) is 0 Å². The lowest BCUT2D eigenvalue weighted by atomic mass is 10.0. The van der Waals surface area contributed by atoms with Gasteiger partial charge in [-0.1, -0.05) is 6.92 Å². The van der Waals surface area contributed by atoms with Gasteiger partial charge in [-0.3, -0.25) is 4.79 Å². The SMILES string of the molecule is CCCC(=O)C1CCSC1. The van der Waals surface area contributed by atoms with Crippen molar-refractivity contribution in [2.24, 2.45) is 5.92 Å². The van der Waals surface area contributed by atoms with E-state index >= 15 is 0 Å². The van der Waals surface area contributed by atoms with E-state index in [0.29, 0.717) is 11.7 Å². The van der Waals surface area contributed by atoms with E-state index in [-0.39, 0.29) is 0 Å². The molecule has 1 heterocycles. The number of Topliss-reactive ketones (excluding diaryl/α,β-unsaturated/α-hetero) is 1. The molecule has 0 N–H and O–H groups in total. The van der Waals surface area contributed by atoms with Crippen LogP contribution in [0.1, 0.15) is 26.2 Å². The van der Waals surface area contributed by atoms with Crippen LogP contribution >= 0.6 is 11.8 Å². The van der Waals surface area contributed by atoms with E-state index in [1.807, 2.05) is 11.8 Å². The average Bonchev–Trinajstić information content (AvgIpc) is 2.38. The first-order valence-corrected chi connectivity index (χ1v) is 5.10. The summed E-state index contributed by atoms with van der Waals surface area (Å²) in [5.41, 5.74) is 0. The predicted molar refractivity (Wildman–Crippen MR) is 45.3 cm³/mol. The fourth-order valence-corrected chi connectivity index (χ4v) is 2.49. The van der Waals surface area contributed by atoms with Crippen LogP contribution in [0.4, 0.5) is 0 Å². The quantitative estimate of drug-likeness (QED) is 0.625. The number of thioether (sulfide) groups is 1. The zero-order valence-corrected chi connectivity index (χ0v) is 7.25. The van der Waals surface area contributed by atoms with Crippen molar-refractivity contribution < 1.29 is 4.79 Å². The Bertz CT molecular complexity index is 116. The first-order valence-electron chi connectivity index (χ1n) is 3.95. The number of rotatable bonds is 3. The first-order chi connectivity index (χ1) is 4.84. The molecule has 0 aromatic rings. The molecule has 0 amide bonds. The molecule has 1 fully saturated rings. The summed E-state index contributed by atoms with van der Waals surface area (Å²) in [6.45, 7) is 2.07. The van der Waals surface area contributed by atoms with Crippen molar-refractivity contribution in [1.29, 1.82) is 0 Å². The van der Waals surface area contributed by atoms with Crippen LogP contribution in [0, 0.1) is 5.92 Å². The number of hydrogen-bond acceptors (Lipinski definition) is 2. The van der Waals surface area contributed by atoms with Gasteiger partial charge in [-0.2, -0.15) is 11.8 Å². The summed E-state index contributed by atoms with van der Waals surface area (Å²) in [4.78, 5) is 11.2. The number of carbonyl (C=O) groups is 1. The van der Waals surface area contributed by atoms with Crippen LogP contribution in [-0.4, -0.2) is 17.3 Å². The van der Waals surface area contributed by atoms with Gasteiger partial charge in [0, 0.05) is 18.1 Å². The summed E-state index contributed by atoms with van der Waals surface area (Å²) < 4.78 is 0. The fourth-order valence-electron chi connectivity index (χ4n) is 1.24. The number of hydrogen-bond donors (Lipinski definition) is 0. The lowest BCUT2D eigenvalue weighted by Crippen LogP contribution is -2.12. The highest BCUT2D eigenvalue weighted by atomic mass is 32.2. The third kappa shape index (κ3) is 2.01. The highest BCUT2D eigenvalue weighted by Gasteiger charge is 2.21. The molecular weight excluding hydrogens is 144 g/mol. The third-order valence-electron chi connectivity index (χ3n) is 1.88. The van der Waals surface area contributed by atoms with Gasteiger partial charge in [0.15, 0.2) is 0 Å². The zero-order chi connectivity index (χ0) is 7.40. The van der Waals surface area contributed by atoms with Gasteiger partial charge < -0.3 is 0 Å². The molecule has 1 nitrogen and oxygen atoms in total. The Morgan fingerprint density at radius 2 is 2.50 bits per heavy atom. The van der Waals surface area contributed by atoms with Gasteiger partial charge in [0.05, 0.1) is 0 Å². The Morgan fingerprint density at radius 3 is 3.00 bits per heavy atom. The van der Waals surface area contributed by atoms with Gasteiger partial charge in [0.1, 0.15) is 5.78 Å². The molecule has 0 aliphatic carbocycles. The maximum Gasteiger partial charge on any atom is 0.136 e. The average molecular weight is 158 g/mol. The molecule has 1 unspecified atom stereocenters. The van der Waals surface area contributed by atoms with Crippen LogP contribution < -0.4 is 0 Å². The molecule has 1 aliphatic rings. The maximum atomic E-state index is 11.2. The van der Waals surface area contributed by atoms with Gasteiger partial charge in [-0.05, 0) is 18.6 Å². The Hall–Kier alpha value is 0.0200. The Balaban J connectivity index is 2.25. The molecule has 0 spiro atoms. The molecule has 2 heteroatoms. The van der Waals surface area contributed by atoms with Crippen molar-refractivity contribution in [2.75, 3.05) is 11.5 Å². The molecule has 0 radical (unpaired) electrons. The second kappa shape index (κ2) is 4.02. The highest BCUT2D eigenvalue weighted by molar-refractivity contribution is 7.99. The smallest absolute Gasteiger partial charge is 0.136 e. The Labute approximate surface area is 66.6 Å². The summed E-state index contributed by atoms with van der Waals surface area (Å²) >= 11 is 1.92. The minimum absolute atomic E-state index is 0.407. The topological polar surface area (TPSA) is 17.1 Å². The fraction of sp³-hybridized carbons (Fsp3) is 0.875. The molecule has 0 aromatic heterocycles. The molecule has 0 aromatic carbocycles. The maximum absolute atomic E-state index is 11.2. The van der Waals surface area contributed by atoms with Crippen molar-refractivity contribution in [2.45, 2.75) is 26.2 Å². The van der Waals surface area contributed by atoms with Crippen LogP contribution in [0.5, 0.6) is 0 Å². The number of carbonyl (C=O) groups excluding carboxylic acids is 1. The normalized spacial score (nSPS) is 25.1. The van der Waals surface area contributed by atoms with E-state index in [0.717, 1.165) is 25.0 Å². The van der Waals surface area contributed by atoms with Crippen LogP contribution in [-0.2, 0) is 4.79 Å². The molecule has 1 rings (SSSR count). The minimum Gasteiger partial charge on any atom is -0.299 e. The zero-order valence-electron chi connectivity index (χ0n) is 6.43. The van der Waals surface area contributed by atoms with Crippen LogP contribution in [0.25, 0.3) is 0 Å². The molecule has 1 atom stereocenters. The first kappa shape index (κ1) is 8.12. The summed E-state index contributed by atoms with van der Waals surface area (Å²) in [5.74, 6) is 3.18. The third-order valence-corrected chi connectivity index (χ3v) is 3.04. The van der Waals surface area contributed by atoms with Crippen molar-refractivity contribution in [3.8, 4) is 0 Å². The summed E-state index contributed by atoms with van der Waals surface area (Å²) in [6, 6.07) is 0. The molecule has 0 saturated carbocycles. The molecule has 1 saturated heterocycles. The van der Waals surface area contributed by atoms with E-state index in [1.165, 1.54) is 5.75 Å². The second-order valence-electron chi connectivity index (χ2n) is 2.78. The highest BCUT2D eigenvalue weighted by Crippen LogP contribution is 2.25.